The molecule has 0 bridgehead atoms. The smallest absolute Gasteiger partial charge is 0.407 e. The van der Waals surface area contributed by atoms with E-state index in [1.807, 2.05) is 24.3 Å². The molecule has 0 aliphatic rings. The van der Waals surface area contributed by atoms with Gasteiger partial charge in [0.1, 0.15) is 11.4 Å². The number of nitrogens with one attached hydrogen (secondary N) is 2. The summed E-state index contributed by atoms with van der Waals surface area (Å²) in [7, 11) is 0. The molecule has 0 saturated heterocycles. The predicted octanol–water partition coefficient (Wildman–Crippen LogP) is 5.87. The van der Waals surface area contributed by atoms with E-state index in [1.54, 1.807) is 64.2 Å². The molecule has 0 fully saturated rings. The summed E-state index contributed by atoms with van der Waals surface area (Å²) in [6.07, 6.45) is 1.15. The predicted molar refractivity (Wildman–Crippen MR) is 151 cm³/mol. The van der Waals surface area contributed by atoms with E-state index < -0.39 is 23.4 Å². The number of amides is 2. The average Bonchev–Trinajstić information content (AvgIpc) is 3.31. The fourth-order valence-corrected chi connectivity index (χ4v) is 4.55. The van der Waals surface area contributed by atoms with Crippen molar-refractivity contribution in [3.8, 4) is 22.3 Å². The number of esters is 1. The Morgan fingerprint density at radius 1 is 0.950 bits per heavy atom. The summed E-state index contributed by atoms with van der Waals surface area (Å²) in [5.74, 6) is -1.58. The molecule has 0 aliphatic heterocycles. The molecule has 2 amide bonds. The summed E-state index contributed by atoms with van der Waals surface area (Å²) >= 11 is 0. The third-order valence-electron chi connectivity index (χ3n) is 6.20. The molecule has 1 aromatic heterocycles. The Labute approximate surface area is 231 Å². The molecule has 0 aliphatic carbocycles. The molecule has 0 atom stereocenters. The molecular weight excluding hydrogens is 513 g/mol. The molecule has 9 heteroatoms. The Morgan fingerprint density at radius 3 is 2.35 bits per heavy atom. The Morgan fingerprint density at radius 2 is 1.65 bits per heavy atom. The van der Waals surface area contributed by atoms with Crippen LogP contribution in [0.3, 0.4) is 0 Å². The molecule has 0 spiro atoms. The van der Waals surface area contributed by atoms with Crippen LogP contribution in [0.2, 0.25) is 0 Å². The number of aromatic amines is 1. The van der Waals surface area contributed by atoms with Gasteiger partial charge in [-0.05, 0) is 56.5 Å². The van der Waals surface area contributed by atoms with E-state index in [0.717, 1.165) is 16.7 Å². The number of aromatic nitrogens is 1. The maximum Gasteiger partial charge on any atom is 0.407 e. The van der Waals surface area contributed by atoms with Crippen LogP contribution in [0, 0.1) is 5.82 Å². The minimum Gasteiger partial charge on any atom is -0.466 e. The maximum absolute atomic E-state index is 16.0. The lowest BCUT2D eigenvalue weighted by molar-refractivity contribution is -0.142. The topological polar surface area (TPSA) is 124 Å². The molecule has 208 valence electrons. The van der Waals surface area contributed by atoms with Crippen LogP contribution in [0.1, 0.15) is 49.2 Å². The van der Waals surface area contributed by atoms with Crippen LogP contribution in [-0.2, 0) is 27.2 Å². The van der Waals surface area contributed by atoms with Crippen molar-refractivity contribution in [2.24, 2.45) is 5.73 Å². The van der Waals surface area contributed by atoms with E-state index in [0.29, 0.717) is 16.5 Å². The van der Waals surface area contributed by atoms with Gasteiger partial charge in [-0.3, -0.25) is 9.59 Å². The molecular formula is C31H32FN3O5. The van der Waals surface area contributed by atoms with E-state index in [4.69, 9.17) is 15.2 Å². The van der Waals surface area contributed by atoms with Gasteiger partial charge in [-0.2, -0.15) is 0 Å². The first-order valence-corrected chi connectivity index (χ1v) is 12.9. The lowest BCUT2D eigenvalue weighted by Crippen LogP contribution is -2.32. The van der Waals surface area contributed by atoms with E-state index in [2.05, 4.69) is 10.3 Å². The zero-order valence-electron chi connectivity index (χ0n) is 22.9. The zero-order valence-corrected chi connectivity index (χ0v) is 22.9. The van der Waals surface area contributed by atoms with Crippen molar-refractivity contribution in [1.82, 2.24) is 10.3 Å². The molecule has 3 aromatic carbocycles. The highest BCUT2D eigenvalue weighted by atomic mass is 19.1. The molecule has 4 aromatic rings. The largest absolute Gasteiger partial charge is 0.466 e. The second-order valence-electron chi connectivity index (χ2n) is 10.3. The van der Waals surface area contributed by atoms with Crippen molar-refractivity contribution in [1.29, 1.82) is 0 Å². The quantitative estimate of drug-likeness (QED) is 0.239. The van der Waals surface area contributed by atoms with Gasteiger partial charge >= 0.3 is 12.1 Å². The summed E-state index contributed by atoms with van der Waals surface area (Å²) in [5, 5.41) is 3.24. The van der Waals surface area contributed by atoms with Gasteiger partial charge in [0.05, 0.1) is 13.0 Å². The highest BCUT2D eigenvalue weighted by Crippen LogP contribution is 2.40. The average molecular weight is 546 g/mol. The third kappa shape index (κ3) is 6.31. The van der Waals surface area contributed by atoms with Crippen LogP contribution >= 0.6 is 0 Å². The molecule has 40 heavy (non-hydrogen) atoms. The van der Waals surface area contributed by atoms with Crippen LogP contribution < -0.4 is 11.1 Å². The second kappa shape index (κ2) is 11.6. The second-order valence-corrected chi connectivity index (χ2v) is 10.3. The number of carbonyl (C=O) groups excluding carboxylic acids is 3. The standard InChI is InChI=1S/C31H32FN3O5/c1-5-39-26(36)15-18-9-6-7-11-21(18)24-17-34-25-14-20(29(33)37)13-23(27(24)25)22-12-8-10-19(28(22)32)16-35-30(38)40-31(2,3)4/h6-14,17,34H,5,15-16H2,1-4H3,(H2,33,37)(H,35,38). The molecule has 0 saturated carbocycles. The van der Waals surface area contributed by atoms with Gasteiger partial charge in [0.25, 0.3) is 0 Å². The van der Waals surface area contributed by atoms with Crippen molar-refractivity contribution in [2.75, 3.05) is 6.61 Å². The van der Waals surface area contributed by atoms with Gasteiger partial charge in [0, 0.05) is 45.9 Å². The number of fused-ring (bicyclic) bond motifs is 1. The Balaban J connectivity index is 1.84. The van der Waals surface area contributed by atoms with E-state index in [9.17, 15) is 14.4 Å². The van der Waals surface area contributed by atoms with Crippen molar-refractivity contribution < 1.29 is 28.2 Å². The van der Waals surface area contributed by atoms with Gasteiger partial charge < -0.3 is 25.5 Å². The van der Waals surface area contributed by atoms with Gasteiger partial charge in [0.2, 0.25) is 5.91 Å². The number of nitrogens with two attached hydrogens (primary N) is 1. The van der Waals surface area contributed by atoms with Gasteiger partial charge in [-0.25, -0.2) is 9.18 Å². The number of hydrogen-bond acceptors (Lipinski definition) is 5. The van der Waals surface area contributed by atoms with E-state index >= 15 is 4.39 Å². The lowest BCUT2D eigenvalue weighted by atomic mass is 9.91. The highest BCUT2D eigenvalue weighted by molar-refractivity contribution is 6.10. The van der Waals surface area contributed by atoms with Crippen molar-refractivity contribution >= 4 is 28.9 Å². The zero-order chi connectivity index (χ0) is 29.0. The van der Waals surface area contributed by atoms with Gasteiger partial charge in [-0.15, -0.1) is 0 Å². The molecule has 1 heterocycles. The number of hydrogen-bond donors (Lipinski definition) is 3. The monoisotopic (exact) mass is 545 g/mol. The Bertz CT molecular complexity index is 1590. The summed E-state index contributed by atoms with van der Waals surface area (Å²) in [4.78, 5) is 39.8. The van der Waals surface area contributed by atoms with Crippen molar-refractivity contribution in [3.05, 3.63) is 83.3 Å². The number of carbonyl (C=O) groups is 3. The minimum atomic E-state index is -0.695. The first-order chi connectivity index (χ1) is 19.0. The normalized spacial score (nSPS) is 11.3. The molecule has 0 unspecified atom stereocenters. The Kier molecular flexibility index (Phi) is 8.23. The SMILES string of the molecule is CCOC(=O)Cc1ccccc1-c1c[nH]c2cc(C(N)=O)cc(-c3cccc(CNC(=O)OC(C)(C)C)c3F)c12. The first kappa shape index (κ1) is 28.4. The van der Waals surface area contributed by atoms with E-state index in [-0.39, 0.29) is 42.2 Å². The number of rotatable bonds is 8. The van der Waals surface area contributed by atoms with Crippen LogP contribution in [0.25, 0.3) is 33.2 Å². The van der Waals surface area contributed by atoms with Crippen LogP contribution in [-0.4, -0.2) is 35.2 Å². The minimum absolute atomic E-state index is 0.0611. The number of benzene rings is 3. The number of halogens is 1. The number of primary amides is 1. The lowest BCUT2D eigenvalue weighted by Gasteiger charge is -2.20. The molecule has 4 rings (SSSR count). The molecule has 4 N–H and O–H groups in total. The molecule has 8 nitrogen and oxygen atoms in total. The van der Waals surface area contributed by atoms with Gasteiger partial charge in [-0.1, -0.05) is 42.5 Å². The maximum atomic E-state index is 16.0. The summed E-state index contributed by atoms with van der Waals surface area (Å²) < 4.78 is 26.4. The first-order valence-electron chi connectivity index (χ1n) is 12.9. The summed E-state index contributed by atoms with van der Waals surface area (Å²) in [6.45, 7) is 7.14. The summed E-state index contributed by atoms with van der Waals surface area (Å²) in [5.41, 5.74) is 8.81. The fraction of sp³-hybridized carbons (Fsp3) is 0.258. The number of ether oxygens (including phenoxy) is 2. The van der Waals surface area contributed by atoms with Crippen molar-refractivity contribution in [2.45, 2.75) is 46.3 Å². The Hall–Kier alpha value is -4.66. The number of alkyl carbamates (subject to hydrolysis) is 1. The fourth-order valence-electron chi connectivity index (χ4n) is 4.55. The third-order valence-corrected chi connectivity index (χ3v) is 6.20. The van der Waals surface area contributed by atoms with Crippen LogP contribution in [0.4, 0.5) is 9.18 Å². The van der Waals surface area contributed by atoms with Crippen molar-refractivity contribution in [3.63, 3.8) is 0 Å². The van der Waals surface area contributed by atoms with Crippen LogP contribution in [0.15, 0.2) is 60.8 Å². The van der Waals surface area contributed by atoms with Crippen LogP contribution in [0.5, 0.6) is 0 Å². The highest BCUT2D eigenvalue weighted by Gasteiger charge is 2.22. The van der Waals surface area contributed by atoms with E-state index in [1.165, 1.54) is 0 Å². The molecule has 0 radical (unpaired) electrons. The number of H-pyrrole nitrogens is 1. The summed E-state index contributed by atoms with van der Waals surface area (Å²) in [6, 6.07) is 15.4. The van der Waals surface area contributed by atoms with Gasteiger partial charge in [0.15, 0.2) is 0 Å².